The van der Waals surface area contributed by atoms with Gasteiger partial charge in [0.05, 0.1) is 25.4 Å². The number of aliphatic hydroxyl groups excluding tert-OH is 2. The van der Waals surface area contributed by atoms with E-state index in [4.69, 9.17) is 4.74 Å². The van der Waals surface area contributed by atoms with Gasteiger partial charge in [-0.15, -0.1) is 0 Å². The Bertz CT molecular complexity index is 792. The van der Waals surface area contributed by atoms with E-state index in [9.17, 15) is 10.2 Å². The van der Waals surface area contributed by atoms with E-state index in [0.29, 0.717) is 30.3 Å². The highest BCUT2D eigenvalue weighted by Crippen LogP contribution is 2.47. The lowest BCUT2D eigenvalue weighted by Gasteiger charge is -2.30. The second kappa shape index (κ2) is 12.3. The van der Waals surface area contributed by atoms with E-state index in [2.05, 4.69) is 69.9 Å². The molecule has 0 aliphatic heterocycles. The highest BCUT2D eigenvalue weighted by molar-refractivity contribution is 5.24. The van der Waals surface area contributed by atoms with Gasteiger partial charge >= 0.3 is 0 Å². The third-order valence-corrected chi connectivity index (χ3v) is 7.42. The Kier molecular flexibility index (Phi) is 9.75. The molecule has 2 N–H and O–H groups in total. The van der Waals surface area contributed by atoms with Crippen LogP contribution in [0.4, 0.5) is 0 Å². The smallest absolute Gasteiger partial charge is 0.0761 e. The Labute approximate surface area is 201 Å². The van der Waals surface area contributed by atoms with Crippen LogP contribution in [-0.4, -0.2) is 59.2 Å². The summed E-state index contributed by atoms with van der Waals surface area (Å²) < 4.78 is 5.96. The Morgan fingerprint density at radius 1 is 1.15 bits per heavy atom. The lowest BCUT2D eigenvalue weighted by atomic mass is 9.88. The van der Waals surface area contributed by atoms with Crippen molar-refractivity contribution in [2.24, 2.45) is 17.8 Å². The van der Waals surface area contributed by atoms with E-state index in [-0.39, 0.29) is 12.0 Å². The fourth-order valence-corrected chi connectivity index (χ4v) is 5.78. The number of ether oxygens (including phenoxy) is 1. The largest absolute Gasteiger partial charge is 0.392 e. The average molecular weight is 456 g/mol. The second-order valence-corrected chi connectivity index (χ2v) is 10.7. The van der Waals surface area contributed by atoms with E-state index >= 15 is 0 Å². The summed E-state index contributed by atoms with van der Waals surface area (Å²) in [6, 6.07) is 9.36. The molecule has 0 radical (unpaired) electrons. The van der Waals surface area contributed by atoms with Crippen LogP contribution in [0.5, 0.6) is 0 Å². The Hall–Kier alpha value is -1.46. The molecule has 0 aromatic heterocycles. The summed E-state index contributed by atoms with van der Waals surface area (Å²) in [4.78, 5) is 2.46. The van der Waals surface area contributed by atoms with Gasteiger partial charge in [-0.1, -0.05) is 53.6 Å². The Morgan fingerprint density at radius 2 is 1.91 bits per heavy atom. The molecule has 4 nitrogen and oxygen atoms in total. The summed E-state index contributed by atoms with van der Waals surface area (Å²) in [5.74, 6) is 1.04. The van der Waals surface area contributed by atoms with Gasteiger partial charge in [-0.2, -0.15) is 0 Å². The first-order valence-corrected chi connectivity index (χ1v) is 12.9. The predicted octanol–water partition coefficient (Wildman–Crippen LogP) is 4.92. The molecule has 4 heteroatoms. The van der Waals surface area contributed by atoms with E-state index in [1.807, 2.05) is 12.1 Å². The summed E-state index contributed by atoms with van der Waals surface area (Å²) in [5.41, 5.74) is 3.83. The van der Waals surface area contributed by atoms with Crippen LogP contribution in [0.1, 0.15) is 58.1 Å². The minimum absolute atomic E-state index is 0.127. The zero-order valence-electron chi connectivity index (χ0n) is 21.3. The van der Waals surface area contributed by atoms with Crippen molar-refractivity contribution in [1.82, 2.24) is 4.90 Å². The molecule has 1 fully saturated rings. The number of hydrogen-bond acceptors (Lipinski definition) is 4. The summed E-state index contributed by atoms with van der Waals surface area (Å²) in [5, 5.41) is 21.1. The maximum absolute atomic E-state index is 10.6. The zero-order chi connectivity index (χ0) is 24.0. The molecule has 5 atom stereocenters. The van der Waals surface area contributed by atoms with Crippen molar-refractivity contribution < 1.29 is 14.9 Å². The van der Waals surface area contributed by atoms with Crippen molar-refractivity contribution in [3.05, 3.63) is 59.2 Å². The monoisotopic (exact) mass is 455 g/mol. The molecule has 0 amide bonds. The molecule has 1 aromatic carbocycles. The van der Waals surface area contributed by atoms with Crippen LogP contribution in [0, 0.1) is 24.7 Å². The van der Waals surface area contributed by atoms with Crippen LogP contribution in [-0.2, 0) is 11.2 Å². The fraction of sp³-hybridized carbons (Fsp3) is 0.655. The molecule has 184 valence electrons. The van der Waals surface area contributed by atoms with Gasteiger partial charge in [0.25, 0.3) is 0 Å². The normalized spacial score (nSPS) is 26.1. The van der Waals surface area contributed by atoms with Gasteiger partial charge in [-0.05, 0) is 71.3 Å². The van der Waals surface area contributed by atoms with E-state index in [1.54, 1.807) is 0 Å². The van der Waals surface area contributed by atoms with Gasteiger partial charge in [0.1, 0.15) is 0 Å². The van der Waals surface area contributed by atoms with Crippen molar-refractivity contribution in [2.45, 2.75) is 84.6 Å². The van der Waals surface area contributed by atoms with Crippen LogP contribution in [0.3, 0.4) is 0 Å². The van der Waals surface area contributed by atoms with Gasteiger partial charge < -0.3 is 14.9 Å². The number of aliphatic hydroxyl groups is 2. The van der Waals surface area contributed by atoms with E-state index in [0.717, 1.165) is 44.6 Å². The van der Waals surface area contributed by atoms with E-state index < -0.39 is 6.10 Å². The van der Waals surface area contributed by atoms with Crippen molar-refractivity contribution in [1.29, 1.82) is 0 Å². The first-order valence-electron chi connectivity index (χ1n) is 12.9. The third-order valence-electron chi connectivity index (χ3n) is 7.42. The number of nitrogens with zero attached hydrogens (tertiary/aromatic N) is 1. The minimum atomic E-state index is -0.517. The third kappa shape index (κ3) is 7.51. The molecular weight excluding hydrogens is 410 g/mol. The van der Waals surface area contributed by atoms with Gasteiger partial charge in [-0.25, -0.2) is 0 Å². The van der Waals surface area contributed by atoms with Crippen LogP contribution in [0.25, 0.3) is 0 Å². The Balaban J connectivity index is 1.43. The zero-order valence-corrected chi connectivity index (χ0v) is 21.3. The van der Waals surface area contributed by atoms with Crippen molar-refractivity contribution in [2.75, 3.05) is 19.8 Å². The lowest BCUT2D eigenvalue weighted by Crippen LogP contribution is -2.39. The molecule has 0 heterocycles. The minimum Gasteiger partial charge on any atom is -0.392 e. The summed E-state index contributed by atoms with van der Waals surface area (Å²) in [6.45, 7) is 13.6. The number of aryl methyl sites for hydroxylation is 1. The first kappa shape index (κ1) is 26.2. The number of fused-ring (bicyclic) bond motifs is 1. The summed E-state index contributed by atoms with van der Waals surface area (Å²) in [7, 11) is 0. The highest BCUT2D eigenvalue weighted by atomic mass is 16.5. The average Bonchev–Trinajstić information content (AvgIpc) is 3.24. The number of allylic oxidation sites excluding steroid dienone is 1. The molecule has 0 saturated heterocycles. The second-order valence-electron chi connectivity index (χ2n) is 10.7. The van der Waals surface area contributed by atoms with Gasteiger partial charge in [0.2, 0.25) is 0 Å². The van der Waals surface area contributed by atoms with Crippen LogP contribution in [0.15, 0.2) is 48.1 Å². The van der Waals surface area contributed by atoms with Gasteiger partial charge in [0.15, 0.2) is 0 Å². The molecule has 1 saturated carbocycles. The highest BCUT2D eigenvalue weighted by Gasteiger charge is 2.43. The molecule has 2 aliphatic rings. The van der Waals surface area contributed by atoms with Gasteiger partial charge in [0, 0.05) is 31.0 Å². The number of hydrogen-bond donors (Lipinski definition) is 2. The van der Waals surface area contributed by atoms with Crippen LogP contribution < -0.4 is 0 Å². The summed E-state index contributed by atoms with van der Waals surface area (Å²) >= 11 is 0. The molecule has 0 bridgehead atoms. The predicted molar refractivity (Wildman–Crippen MR) is 136 cm³/mol. The standard InChI is InChI=1S/C29H45NO3/c1-20(2)30(21(3)4)12-14-33-13-11-24-16-25-19-29(32)27(28(25)18-24)10-9-26(31)17-23-8-6-7-22(5)15-23/h6-10,15-16,20-21,25-29,31-32H,11-14,17-19H2,1-5H3/b10-9+/t25-,26+,27+,28-,29+/m0/s1. The Morgan fingerprint density at radius 3 is 2.61 bits per heavy atom. The molecule has 3 rings (SSSR count). The first-order chi connectivity index (χ1) is 15.7. The van der Waals surface area contributed by atoms with Crippen molar-refractivity contribution in [3.63, 3.8) is 0 Å². The maximum atomic E-state index is 10.6. The lowest BCUT2D eigenvalue weighted by molar-refractivity contribution is 0.0796. The molecule has 0 spiro atoms. The van der Waals surface area contributed by atoms with Crippen molar-refractivity contribution >= 4 is 0 Å². The maximum Gasteiger partial charge on any atom is 0.0761 e. The topological polar surface area (TPSA) is 52.9 Å². The fourth-order valence-electron chi connectivity index (χ4n) is 5.78. The summed E-state index contributed by atoms with van der Waals surface area (Å²) in [6.07, 6.45) is 9.01. The molecule has 2 aliphatic carbocycles. The SMILES string of the molecule is Cc1cccc(C[C@H](O)/C=C/[C@@H]2[C@H]3CC(CCOCCN(C(C)C)C(C)C)=C[C@H]3C[C@H]2O)c1. The number of rotatable bonds is 12. The van der Waals surface area contributed by atoms with Crippen molar-refractivity contribution in [3.8, 4) is 0 Å². The van der Waals surface area contributed by atoms with Crippen LogP contribution >= 0.6 is 0 Å². The van der Waals surface area contributed by atoms with Gasteiger partial charge in [-0.3, -0.25) is 4.90 Å². The van der Waals surface area contributed by atoms with Crippen LogP contribution in [0.2, 0.25) is 0 Å². The molecule has 33 heavy (non-hydrogen) atoms. The quantitative estimate of drug-likeness (QED) is 0.347. The molecule has 0 unspecified atom stereocenters. The van der Waals surface area contributed by atoms with E-state index in [1.165, 1.54) is 11.1 Å². The molecule has 1 aromatic rings. The molecular formula is C29H45NO3. The number of benzene rings is 1.